The smallest absolute Gasteiger partial charge is 0.210 e. The minimum atomic E-state index is 0. The average molecular weight is 294 g/mol. The molecule has 0 spiro atoms. The molecule has 2 aromatic rings. The first kappa shape index (κ1) is 14.6. The van der Waals surface area contributed by atoms with Gasteiger partial charge >= 0.3 is 17.1 Å². The zero-order valence-electron chi connectivity index (χ0n) is 11.5. The first-order chi connectivity index (χ1) is 8.93. The van der Waals surface area contributed by atoms with E-state index in [1.165, 1.54) is 51.4 Å². The van der Waals surface area contributed by atoms with Crippen molar-refractivity contribution >= 4 is 0 Å². The van der Waals surface area contributed by atoms with Crippen molar-refractivity contribution in [1.82, 2.24) is 0 Å². The molecule has 0 fully saturated rings. The minimum Gasteiger partial charge on any atom is -0.210 e. The van der Waals surface area contributed by atoms with Crippen LogP contribution in [0.25, 0.3) is 0 Å². The van der Waals surface area contributed by atoms with E-state index >= 15 is 0 Å². The van der Waals surface area contributed by atoms with E-state index in [4.69, 9.17) is 0 Å². The van der Waals surface area contributed by atoms with Gasteiger partial charge < -0.3 is 0 Å². The summed E-state index contributed by atoms with van der Waals surface area (Å²) in [6.07, 6.45) is 10.9. The van der Waals surface area contributed by atoms with Crippen LogP contribution in [0.1, 0.15) is 47.9 Å². The maximum atomic E-state index is 2.26. The number of rotatable bonds is 0. The summed E-state index contributed by atoms with van der Waals surface area (Å²) in [6, 6.07) is 13.4. The van der Waals surface area contributed by atoms with E-state index in [9.17, 15) is 0 Å². The van der Waals surface area contributed by atoms with E-state index in [-0.39, 0.29) is 17.1 Å². The second-order valence-corrected chi connectivity index (χ2v) is 5.57. The van der Waals surface area contributed by atoms with Gasteiger partial charge in [-0.25, -0.2) is 12.1 Å². The SMILES string of the molecule is [Fe+2].c1cc2c([cH-]1)CCCC2.c1cc2c([cH-]1)CCCC2. The monoisotopic (exact) mass is 294 g/mol. The zero-order chi connectivity index (χ0) is 12.2. The van der Waals surface area contributed by atoms with Gasteiger partial charge in [-0.05, 0) is 0 Å². The summed E-state index contributed by atoms with van der Waals surface area (Å²) in [7, 11) is 0. The number of fused-ring (bicyclic) bond motifs is 2. The average Bonchev–Trinajstić information content (AvgIpc) is 3.08. The number of aryl methyl sites for hydroxylation is 4. The maximum Gasteiger partial charge on any atom is 2.00 e. The Bertz CT molecular complexity index is 402. The van der Waals surface area contributed by atoms with E-state index in [0.29, 0.717) is 0 Å². The molecule has 0 N–H and O–H groups in total. The van der Waals surface area contributed by atoms with Crippen LogP contribution in [0.5, 0.6) is 0 Å². The standard InChI is InChI=1S/2C9H11.Fe/c2*1-2-5-9-7-3-6-8(9)4-1;/h2*3,6-7H,1-2,4-5H2;/q2*-1;+2. The van der Waals surface area contributed by atoms with E-state index in [0.717, 1.165) is 0 Å². The van der Waals surface area contributed by atoms with Crippen molar-refractivity contribution in [2.45, 2.75) is 51.4 Å². The summed E-state index contributed by atoms with van der Waals surface area (Å²) < 4.78 is 0. The topological polar surface area (TPSA) is 0 Å². The fourth-order valence-corrected chi connectivity index (χ4v) is 3.23. The quantitative estimate of drug-likeness (QED) is 0.493. The summed E-state index contributed by atoms with van der Waals surface area (Å²) in [6.45, 7) is 0. The van der Waals surface area contributed by atoms with Gasteiger partial charge in [0.1, 0.15) is 0 Å². The van der Waals surface area contributed by atoms with Crippen molar-refractivity contribution in [2.75, 3.05) is 0 Å². The van der Waals surface area contributed by atoms with Crippen molar-refractivity contribution in [3.05, 3.63) is 58.7 Å². The van der Waals surface area contributed by atoms with E-state index in [1.54, 1.807) is 22.3 Å². The van der Waals surface area contributed by atoms with E-state index < -0.39 is 0 Å². The summed E-state index contributed by atoms with van der Waals surface area (Å²) in [5.41, 5.74) is 6.39. The third-order valence-corrected chi connectivity index (χ3v) is 4.30. The minimum absolute atomic E-state index is 0. The second kappa shape index (κ2) is 7.12. The van der Waals surface area contributed by atoms with Crippen LogP contribution in [0, 0.1) is 0 Å². The Kier molecular flexibility index (Phi) is 5.48. The molecule has 2 aliphatic carbocycles. The molecule has 0 aliphatic heterocycles. The normalized spacial score (nSPS) is 16.4. The molecule has 0 bridgehead atoms. The van der Waals surface area contributed by atoms with Gasteiger partial charge in [0.05, 0.1) is 0 Å². The molecule has 19 heavy (non-hydrogen) atoms. The van der Waals surface area contributed by atoms with Gasteiger partial charge in [0.25, 0.3) is 0 Å². The first-order valence-electron chi connectivity index (χ1n) is 7.40. The van der Waals surface area contributed by atoms with Gasteiger partial charge in [-0.3, -0.25) is 0 Å². The van der Waals surface area contributed by atoms with Crippen LogP contribution in [0.4, 0.5) is 0 Å². The largest absolute Gasteiger partial charge is 2.00 e. The molecule has 0 atom stereocenters. The Morgan fingerprint density at radius 3 is 1.47 bits per heavy atom. The molecule has 2 aromatic carbocycles. The third kappa shape index (κ3) is 3.61. The summed E-state index contributed by atoms with van der Waals surface area (Å²) in [5.74, 6) is 0. The molecule has 2 aliphatic rings. The Morgan fingerprint density at radius 2 is 1.05 bits per heavy atom. The predicted molar refractivity (Wildman–Crippen MR) is 77.4 cm³/mol. The molecule has 0 saturated carbocycles. The van der Waals surface area contributed by atoms with Crippen LogP contribution in [0.3, 0.4) is 0 Å². The van der Waals surface area contributed by atoms with Gasteiger partial charge in [0.15, 0.2) is 0 Å². The molecule has 0 nitrogen and oxygen atoms in total. The molecule has 0 saturated heterocycles. The molecule has 0 unspecified atom stereocenters. The van der Waals surface area contributed by atoms with Gasteiger partial charge in [0.2, 0.25) is 0 Å². The summed E-state index contributed by atoms with van der Waals surface area (Å²) in [5, 5.41) is 0. The zero-order valence-corrected chi connectivity index (χ0v) is 12.6. The van der Waals surface area contributed by atoms with E-state index in [1.807, 2.05) is 0 Å². The maximum absolute atomic E-state index is 2.26. The fraction of sp³-hybridized carbons (Fsp3) is 0.444. The fourth-order valence-electron chi connectivity index (χ4n) is 3.23. The van der Waals surface area contributed by atoms with Crippen LogP contribution in [-0.2, 0) is 42.8 Å². The molecule has 0 heterocycles. The molecule has 1 heteroatoms. The van der Waals surface area contributed by atoms with Gasteiger partial charge in [-0.1, -0.05) is 51.4 Å². The van der Waals surface area contributed by atoms with Crippen LogP contribution in [-0.4, -0.2) is 0 Å². The molecular weight excluding hydrogens is 272 g/mol. The van der Waals surface area contributed by atoms with Crippen molar-refractivity contribution < 1.29 is 17.1 Å². The molecule has 0 amide bonds. The van der Waals surface area contributed by atoms with Crippen molar-refractivity contribution in [1.29, 1.82) is 0 Å². The van der Waals surface area contributed by atoms with Crippen molar-refractivity contribution in [2.24, 2.45) is 0 Å². The first-order valence-corrected chi connectivity index (χ1v) is 7.40. The molecule has 4 rings (SSSR count). The summed E-state index contributed by atoms with van der Waals surface area (Å²) >= 11 is 0. The van der Waals surface area contributed by atoms with Crippen LogP contribution >= 0.6 is 0 Å². The molecule has 102 valence electrons. The molecular formula is C18H22Fe. The van der Waals surface area contributed by atoms with Crippen molar-refractivity contribution in [3.63, 3.8) is 0 Å². The third-order valence-electron chi connectivity index (χ3n) is 4.30. The van der Waals surface area contributed by atoms with Crippen LogP contribution < -0.4 is 0 Å². The van der Waals surface area contributed by atoms with Gasteiger partial charge in [-0.2, -0.15) is 46.5 Å². The Labute approximate surface area is 127 Å². The number of hydrogen-bond donors (Lipinski definition) is 0. The van der Waals surface area contributed by atoms with Crippen LogP contribution in [0.2, 0.25) is 0 Å². The predicted octanol–water partition coefficient (Wildman–Crippen LogP) is 4.57. The van der Waals surface area contributed by atoms with Crippen LogP contribution in [0.15, 0.2) is 36.4 Å². The Hall–Kier alpha value is -0.781. The number of hydrogen-bond acceptors (Lipinski definition) is 0. The van der Waals surface area contributed by atoms with Crippen molar-refractivity contribution in [3.8, 4) is 0 Å². The second-order valence-electron chi connectivity index (χ2n) is 5.57. The molecule has 0 aromatic heterocycles. The van der Waals surface area contributed by atoms with E-state index in [2.05, 4.69) is 36.4 Å². The Balaban J connectivity index is 0.000000133. The van der Waals surface area contributed by atoms with Gasteiger partial charge in [-0.15, -0.1) is 0 Å². The molecule has 0 radical (unpaired) electrons. The Morgan fingerprint density at radius 1 is 0.632 bits per heavy atom. The summed E-state index contributed by atoms with van der Waals surface area (Å²) in [4.78, 5) is 0. The van der Waals surface area contributed by atoms with Gasteiger partial charge in [0, 0.05) is 0 Å².